The quantitative estimate of drug-likeness (QED) is 0.468. The number of carbonyl (C=O) groups is 1. The van der Waals surface area contributed by atoms with Crippen LogP contribution in [0.2, 0.25) is 0 Å². The predicted molar refractivity (Wildman–Crippen MR) is 125 cm³/mol. The molecule has 6 heteroatoms. The molecule has 1 N–H and O–H groups in total. The third-order valence-electron chi connectivity index (χ3n) is 5.82. The SMILES string of the molecule is Cc1ccc(-c2ccc(-c3nc4c([nH]3)CN(CC(=O)c3cccnn3)C=C4)cc2)cc1C. The van der Waals surface area contributed by atoms with E-state index >= 15 is 0 Å². The molecule has 3 heterocycles. The first-order valence-electron chi connectivity index (χ1n) is 10.6. The number of Topliss-reactive ketones (excluding diaryl/α,β-unsaturated/α-hetero) is 1. The summed E-state index contributed by atoms with van der Waals surface area (Å²) in [7, 11) is 0. The predicted octanol–water partition coefficient (Wildman–Crippen LogP) is 4.82. The van der Waals surface area contributed by atoms with E-state index in [1.165, 1.54) is 22.3 Å². The molecule has 158 valence electrons. The summed E-state index contributed by atoms with van der Waals surface area (Å²) >= 11 is 0. The summed E-state index contributed by atoms with van der Waals surface area (Å²) < 4.78 is 0. The number of H-pyrrole nitrogens is 1. The molecule has 4 aromatic rings. The Morgan fingerprint density at radius 3 is 2.53 bits per heavy atom. The fraction of sp³-hybridized carbons (Fsp3) is 0.154. The average Bonchev–Trinajstić information content (AvgIpc) is 3.25. The molecule has 0 bridgehead atoms. The number of nitrogens with one attached hydrogen (secondary N) is 1. The summed E-state index contributed by atoms with van der Waals surface area (Å²) in [4.78, 5) is 22.6. The number of rotatable bonds is 5. The smallest absolute Gasteiger partial charge is 0.202 e. The first-order chi connectivity index (χ1) is 15.6. The van der Waals surface area contributed by atoms with Crippen LogP contribution in [0, 0.1) is 13.8 Å². The molecule has 0 unspecified atom stereocenters. The highest BCUT2D eigenvalue weighted by molar-refractivity contribution is 5.95. The van der Waals surface area contributed by atoms with Crippen LogP contribution in [0.5, 0.6) is 0 Å². The van der Waals surface area contributed by atoms with Crippen molar-refractivity contribution < 1.29 is 4.79 Å². The minimum atomic E-state index is -0.0622. The topological polar surface area (TPSA) is 74.8 Å². The number of carbonyl (C=O) groups excluding carboxylic acids is 1. The van der Waals surface area contributed by atoms with Crippen LogP contribution in [0.25, 0.3) is 28.6 Å². The lowest BCUT2D eigenvalue weighted by Crippen LogP contribution is -2.27. The molecular weight excluding hydrogens is 398 g/mol. The molecule has 5 rings (SSSR count). The van der Waals surface area contributed by atoms with Gasteiger partial charge in [0.05, 0.1) is 24.5 Å². The van der Waals surface area contributed by atoms with Crippen molar-refractivity contribution in [2.45, 2.75) is 20.4 Å². The molecular formula is C26H23N5O. The van der Waals surface area contributed by atoms with Gasteiger partial charge in [-0.3, -0.25) is 4.79 Å². The number of hydrogen-bond acceptors (Lipinski definition) is 5. The van der Waals surface area contributed by atoms with Crippen LogP contribution in [0.15, 0.2) is 67.0 Å². The zero-order valence-corrected chi connectivity index (χ0v) is 18.0. The Kier molecular flexibility index (Phi) is 5.11. The van der Waals surface area contributed by atoms with Crippen molar-refractivity contribution in [2.75, 3.05) is 6.54 Å². The van der Waals surface area contributed by atoms with Gasteiger partial charge in [-0.1, -0.05) is 42.5 Å². The molecule has 0 radical (unpaired) electrons. The van der Waals surface area contributed by atoms with Crippen LogP contribution < -0.4 is 0 Å². The first kappa shape index (κ1) is 19.9. The van der Waals surface area contributed by atoms with E-state index in [2.05, 4.69) is 71.5 Å². The molecule has 32 heavy (non-hydrogen) atoms. The molecule has 0 aliphatic carbocycles. The number of fused-ring (bicyclic) bond motifs is 1. The number of ketones is 1. The van der Waals surface area contributed by atoms with Crippen LogP contribution >= 0.6 is 0 Å². The molecule has 1 aliphatic heterocycles. The van der Waals surface area contributed by atoms with E-state index in [1.54, 1.807) is 18.3 Å². The molecule has 2 aromatic carbocycles. The third-order valence-corrected chi connectivity index (χ3v) is 5.82. The van der Waals surface area contributed by atoms with Gasteiger partial charge in [-0.2, -0.15) is 5.10 Å². The van der Waals surface area contributed by atoms with Gasteiger partial charge in [0.25, 0.3) is 0 Å². The molecule has 6 nitrogen and oxygen atoms in total. The molecule has 0 atom stereocenters. The van der Waals surface area contributed by atoms with E-state index in [0.29, 0.717) is 12.2 Å². The molecule has 0 amide bonds. The lowest BCUT2D eigenvalue weighted by Gasteiger charge is -2.21. The highest BCUT2D eigenvalue weighted by atomic mass is 16.1. The molecule has 0 fully saturated rings. The van der Waals surface area contributed by atoms with Crippen LogP contribution in [0.1, 0.15) is 33.0 Å². The summed E-state index contributed by atoms with van der Waals surface area (Å²) in [6.07, 6.45) is 5.40. The van der Waals surface area contributed by atoms with Crippen molar-refractivity contribution in [1.82, 2.24) is 25.1 Å². The highest BCUT2D eigenvalue weighted by Crippen LogP contribution is 2.27. The Morgan fingerprint density at radius 1 is 1.00 bits per heavy atom. The lowest BCUT2D eigenvalue weighted by molar-refractivity contribution is 0.0946. The average molecular weight is 422 g/mol. The Morgan fingerprint density at radius 2 is 1.78 bits per heavy atom. The maximum absolute atomic E-state index is 12.4. The minimum absolute atomic E-state index is 0.0622. The maximum Gasteiger partial charge on any atom is 0.202 e. The first-order valence-corrected chi connectivity index (χ1v) is 10.6. The van der Waals surface area contributed by atoms with Crippen molar-refractivity contribution in [3.8, 4) is 22.5 Å². The van der Waals surface area contributed by atoms with E-state index in [1.807, 2.05) is 17.2 Å². The standard InChI is InChI=1S/C26H23N5O/c1-17-5-6-21(14-18(17)2)19-7-9-20(10-8-19)26-28-22-11-13-31(15-24(22)29-26)16-25(32)23-4-3-12-27-30-23/h3-14H,15-16H2,1-2H3,(H,28,29). The Hall–Kier alpha value is -4.06. The monoisotopic (exact) mass is 421 g/mol. The molecule has 1 aliphatic rings. The normalized spacial score (nSPS) is 12.6. The van der Waals surface area contributed by atoms with E-state index in [-0.39, 0.29) is 12.3 Å². The van der Waals surface area contributed by atoms with Crippen molar-refractivity contribution >= 4 is 11.9 Å². The van der Waals surface area contributed by atoms with Gasteiger partial charge in [0, 0.05) is 18.0 Å². The number of hydrogen-bond donors (Lipinski definition) is 1. The second-order valence-corrected chi connectivity index (χ2v) is 8.08. The highest BCUT2D eigenvalue weighted by Gasteiger charge is 2.19. The van der Waals surface area contributed by atoms with Gasteiger partial charge in [0.15, 0.2) is 0 Å². The van der Waals surface area contributed by atoms with Gasteiger partial charge in [0.2, 0.25) is 5.78 Å². The Bertz CT molecular complexity index is 1310. The molecule has 0 spiro atoms. The second-order valence-electron chi connectivity index (χ2n) is 8.08. The number of aromatic nitrogens is 4. The van der Waals surface area contributed by atoms with E-state index in [0.717, 1.165) is 22.8 Å². The van der Waals surface area contributed by atoms with Gasteiger partial charge in [-0.05, 0) is 54.3 Å². The summed E-state index contributed by atoms with van der Waals surface area (Å²) in [6.45, 7) is 5.10. The largest absolute Gasteiger partial charge is 0.364 e. The summed E-state index contributed by atoms with van der Waals surface area (Å²) in [5.74, 6) is 0.765. The van der Waals surface area contributed by atoms with Crippen LogP contribution in [-0.2, 0) is 6.54 Å². The number of imidazole rings is 1. The van der Waals surface area contributed by atoms with Gasteiger partial charge in [0.1, 0.15) is 11.5 Å². The Labute approximate surface area is 186 Å². The zero-order chi connectivity index (χ0) is 22.1. The second kappa shape index (κ2) is 8.23. The van der Waals surface area contributed by atoms with Crippen LogP contribution in [0.4, 0.5) is 0 Å². The minimum Gasteiger partial charge on any atom is -0.364 e. The fourth-order valence-corrected chi connectivity index (χ4v) is 3.82. The maximum atomic E-state index is 12.4. The van der Waals surface area contributed by atoms with Gasteiger partial charge < -0.3 is 9.88 Å². The van der Waals surface area contributed by atoms with Crippen molar-refractivity contribution in [3.63, 3.8) is 0 Å². The van der Waals surface area contributed by atoms with Gasteiger partial charge in [-0.15, -0.1) is 5.10 Å². The number of nitrogens with zero attached hydrogens (tertiary/aromatic N) is 4. The van der Waals surface area contributed by atoms with E-state index in [4.69, 9.17) is 4.98 Å². The fourth-order valence-electron chi connectivity index (χ4n) is 3.82. The van der Waals surface area contributed by atoms with Gasteiger partial charge >= 0.3 is 0 Å². The van der Waals surface area contributed by atoms with Gasteiger partial charge in [-0.25, -0.2) is 4.98 Å². The zero-order valence-electron chi connectivity index (χ0n) is 18.0. The van der Waals surface area contributed by atoms with Crippen molar-refractivity contribution in [1.29, 1.82) is 0 Å². The number of aryl methyl sites for hydroxylation is 2. The van der Waals surface area contributed by atoms with E-state index in [9.17, 15) is 4.79 Å². The Balaban J connectivity index is 1.31. The molecule has 0 saturated carbocycles. The van der Waals surface area contributed by atoms with Crippen molar-refractivity contribution in [2.24, 2.45) is 0 Å². The van der Waals surface area contributed by atoms with E-state index < -0.39 is 0 Å². The number of aromatic amines is 1. The number of benzene rings is 2. The lowest BCUT2D eigenvalue weighted by atomic mass is 9.99. The third kappa shape index (κ3) is 3.95. The summed E-state index contributed by atoms with van der Waals surface area (Å²) in [6, 6.07) is 18.4. The molecule has 2 aromatic heterocycles. The molecule has 0 saturated heterocycles. The summed E-state index contributed by atoms with van der Waals surface area (Å²) in [5, 5.41) is 7.68. The van der Waals surface area contributed by atoms with Crippen LogP contribution in [0.3, 0.4) is 0 Å². The summed E-state index contributed by atoms with van der Waals surface area (Å²) in [5.41, 5.74) is 8.29. The van der Waals surface area contributed by atoms with Crippen molar-refractivity contribution in [3.05, 3.63) is 95.2 Å². The van der Waals surface area contributed by atoms with Crippen LogP contribution in [-0.4, -0.2) is 37.4 Å².